The summed E-state index contributed by atoms with van der Waals surface area (Å²) in [5, 5.41) is 11.6. The second-order valence-electron chi connectivity index (χ2n) is 3.99. The van der Waals surface area contributed by atoms with Crippen molar-refractivity contribution in [2.24, 2.45) is 0 Å². The minimum absolute atomic E-state index is 0.111. The van der Waals surface area contributed by atoms with Crippen LogP contribution in [0.15, 0.2) is 18.3 Å². The van der Waals surface area contributed by atoms with Gasteiger partial charge in [-0.05, 0) is 18.6 Å². The third-order valence-electron chi connectivity index (χ3n) is 2.47. The SMILES string of the molecule is CCCNc1ccc(C(=O)N(C)CCC#N)cn1. The molecular weight excluding hydrogens is 228 g/mol. The van der Waals surface area contributed by atoms with E-state index in [2.05, 4.69) is 17.2 Å². The summed E-state index contributed by atoms with van der Waals surface area (Å²) in [7, 11) is 1.68. The number of rotatable bonds is 6. The van der Waals surface area contributed by atoms with Crippen LogP contribution >= 0.6 is 0 Å². The van der Waals surface area contributed by atoms with Crippen molar-refractivity contribution in [3.63, 3.8) is 0 Å². The van der Waals surface area contributed by atoms with E-state index in [1.54, 1.807) is 25.4 Å². The zero-order valence-electron chi connectivity index (χ0n) is 10.8. The Hall–Kier alpha value is -2.09. The first-order chi connectivity index (χ1) is 8.69. The van der Waals surface area contributed by atoms with Gasteiger partial charge in [-0.25, -0.2) is 4.98 Å². The highest BCUT2D eigenvalue weighted by Crippen LogP contribution is 2.07. The first-order valence-corrected chi connectivity index (χ1v) is 6.01. The normalized spacial score (nSPS) is 9.61. The molecular formula is C13H18N4O. The molecule has 0 aliphatic rings. The van der Waals surface area contributed by atoms with E-state index in [-0.39, 0.29) is 5.91 Å². The lowest BCUT2D eigenvalue weighted by Crippen LogP contribution is -2.27. The average molecular weight is 246 g/mol. The van der Waals surface area contributed by atoms with Crippen LogP contribution in [0.25, 0.3) is 0 Å². The molecule has 5 nitrogen and oxygen atoms in total. The number of carbonyl (C=O) groups excluding carboxylic acids is 1. The molecule has 0 fully saturated rings. The zero-order chi connectivity index (χ0) is 13.4. The molecule has 5 heteroatoms. The first-order valence-electron chi connectivity index (χ1n) is 6.01. The monoisotopic (exact) mass is 246 g/mol. The molecule has 1 amide bonds. The van der Waals surface area contributed by atoms with Crippen molar-refractivity contribution in [2.75, 3.05) is 25.5 Å². The number of pyridine rings is 1. The smallest absolute Gasteiger partial charge is 0.255 e. The lowest BCUT2D eigenvalue weighted by molar-refractivity contribution is 0.0797. The predicted molar refractivity (Wildman–Crippen MR) is 70.2 cm³/mol. The second kappa shape index (κ2) is 7.28. The van der Waals surface area contributed by atoms with E-state index >= 15 is 0 Å². The van der Waals surface area contributed by atoms with Gasteiger partial charge in [0.05, 0.1) is 18.1 Å². The Kier molecular flexibility index (Phi) is 5.65. The Morgan fingerprint density at radius 1 is 1.56 bits per heavy atom. The number of anilines is 1. The molecule has 0 spiro atoms. The summed E-state index contributed by atoms with van der Waals surface area (Å²) >= 11 is 0. The van der Waals surface area contributed by atoms with Gasteiger partial charge in [-0.15, -0.1) is 0 Å². The van der Waals surface area contributed by atoms with Crippen molar-refractivity contribution < 1.29 is 4.79 Å². The van der Waals surface area contributed by atoms with Crippen molar-refractivity contribution in [1.82, 2.24) is 9.88 Å². The molecule has 0 aliphatic heterocycles. The van der Waals surface area contributed by atoms with Gasteiger partial charge in [-0.1, -0.05) is 6.92 Å². The third-order valence-corrected chi connectivity index (χ3v) is 2.47. The maximum absolute atomic E-state index is 11.9. The number of nitrogens with zero attached hydrogens (tertiary/aromatic N) is 3. The summed E-state index contributed by atoms with van der Waals surface area (Å²) in [5.41, 5.74) is 0.539. The highest BCUT2D eigenvalue weighted by atomic mass is 16.2. The average Bonchev–Trinajstić information content (AvgIpc) is 2.42. The Morgan fingerprint density at radius 2 is 2.33 bits per heavy atom. The summed E-state index contributed by atoms with van der Waals surface area (Å²) in [6.45, 7) is 3.38. The first kappa shape index (κ1) is 14.0. The topological polar surface area (TPSA) is 69.0 Å². The van der Waals surface area contributed by atoms with Crippen LogP contribution in [0, 0.1) is 11.3 Å². The van der Waals surface area contributed by atoms with Crippen LogP contribution < -0.4 is 5.32 Å². The largest absolute Gasteiger partial charge is 0.370 e. The molecule has 1 rings (SSSR count). The predicted octanol–water partition coefficient (Wildman–Crippen LogP) is 1.89. The van der Waals surface area contributed by atoms with Crippen LogP contribution in [0.1, 0.15) is 30.1 Å². The van der Waals surface area contributed by atoms with Gasteiger partial charge in [0.2, 0.25) is 0 Å². The van der Waals surface area contributed by atoms with E-state index < -0.39 is 0 Å². The van der Waals surface area contributed by atoms with Gasteiger partial charge in [-0.2, -0.15) is 5.26 Å². The van der Waals surface area contributed by atoms with E-state index in [4.69, 9.17) is 5.26 Å². The van der Waals surface area contributed by atoms with Gasteiger partial charge < -0.3 is 10.2 Å². The van der Waals surface area contributed by atoms with Crippen molar-refractivity contribution in [1.29, 1.82) is 5.26 Å². The number of hydrogen-bond acceptors (Lipinski definition) is 4. The fourth-order valence-electron chi connectivity index (χ4n) is 1.42. The molecule has 18 heavy (non-hydrogen) atoms. The summed E-state index contributed by atoms with van der Waals surface area (Å²) in [6.07, 6.45) is 2.92. The molecule has 1 aromatic heterocycles. The number of amides is 1. The third kappa shape index (κ3) is 4.06. The fraction of sp³-hybridized carbons (Fsp3) is 0.462. The molecule has 0 aromatic carbocycles. The fourth-order valence-corrected chi connectivity index (χ4v) is 1.42. The van der Waals surface area contributed by atoms with Crippen LogP contribution in [-0.2, 0) is 0 Å². The summed E-state index contributed by atoms with van der Waals surface area (Å²) < 4.78 is 0. The standard InChI is InChI=1S/C13H18N4O/c1-3-8-15-12-6-5-11(10-16-12)13(18)17(2)9-4-7-14/h5-6,10H,3-4,8-9H2,1-2H3,(H,15,16). The van der Waals surface area contributed by atoms with Gasteiger partial charge in [0.1, 0.15) is 5.82 Å². The van der Waals surface area contributed by atoms with E-state index in [0.717, 1.165) is 18.8 Å². The molecule has 0 aliphatic carbocycles. The van der Waals surface area contributed by atoms with E-state index in [1.807, 2.05) is 6.07 Å². The summed E-state index contributed by atoms with van der Waals surface area (Å²) in [6, 6.07) is 5.56. The van der Waals surface area contributed by atoms with Gasteiger partial charge in [-0.3, -0.25) is 4.79 Å². The van der Waals surface area contributed by atoms with Gasteiger partial charge in [0, 0.05) is 26.3 Å². The highest BCUT2D eigenvalue weighted by Gasteiger charge is 2.11. The highest BCUT2D eigenvalue weighted by molar-refractivity contribution is 5.93. The Labute approximate surface area is 107 Å². The number of nitrogens with one attached hydrogen (secondary N) is 1. The molecule has 0 bridgehead atoms. The lowest BCUT2D eigenvalue weighted by Gasteiger charge is -2.15. The molecule has 0 saturated carbocycles. The minimum atomic E-state index is -0.111. The van der Waals surface area contributed by atoms with Crippen LogP contribution in [0.2, 0.25) is 0 Å². The van der Waals surface area contributed by atoms with Crippen molar-refractivity contribution in [2.45, 2.75) is 19.8 Å². The van der Waals surface area contributed by atoms with Crippen LogP contribution in [-0.4, -0.2) is 35.9 Å². The molecule has 0 saturated heterocycles. The maximum atomic E-state index is 11.9. The molecule has 96 valence electrons. The Morgan fingerprint density at radius 3 is 2.89 bits per heavy atom. The molecule has 0 unspecified atom stereocenters. The molecule has 1 N–H and O–H groups in total. The van der Waals surface area contributed by atoms with Crippen LogP contribution in [0.4, 0.5) is 5.82 Å². The number of aromatic nitrogens is 1. The van der Waals surface area contributed by atoms with Crippen molar-refractivity contribution >= 4 is 11.7 Å². The Balaban J connectivity index is 2.61. The van der Waals surface area contributed by atoms with Crippen LogP contribution in [0.3, 0.4) is 0 Å². The number of nitriles is 1. The molecule has 1 heterocycles. The number of hydrogen-bond donors (Lipinski definition) is 1. The lowest BCUT2D eigenvalue weighted by atomic mass is 10.2. The maximum Gasteiger partial charge on any atom is 0.255 e. The van der Waals surface area contributed by atoms with Crippen LogP contribution in [0.5, 0.6) is 0 Å². The Bertz CT molecular complexity index is 422. The van der Waals surface area contributed by atoms with Crippen molar-refractivity contribution in [3.8, 4) is 6.07 Å². The van der Waals surface area contributed by atoms with Gasteiger partial charge in [0.25, 0.3) is 5.91 Å². The van der Waals surface area contributed by atoms with Gasteiger partial charge >= 0.3 is 0 Å². The van der Waals surface area contributed by atoms with Crippen molar-refractivity contribution in [3.05, 3.63) is 23.9 Å². The minimum Gasteiger partial charge on any atom is -0.370 e. The van der Waals surface area contributed by atoms with E-state index in [1.165, 1.54) is 4.90 Å². The van der Waals surface area contributed by atoms with Gasteiger partial charge in [0.15, 0.2) is 0 Å². The molecule has 1 aromatic rings. The second-order valence-corrected chi connectivity index (χ2v) is 3.99. The molecule has 0 radical (unpaired) electrons. The summed E-state index contributed by atoms with van der Waals surface area (Å²) in [5.74, 6) is 0.660. The zero-order valence-corrected chi connectivity index (χ0v) is 10.8. The van der Waals surface area contributed by atoms with E-state index in [9.17, 15) is 4.79 Å². The summed E-state index contributed by atoms with van der Waals surface area (Å²) in [4.78, 5) is 17.6. The quantitative estimate of drug-likeness (QED) is 0.832. The molecule has 0 atom stereocenters. The number of carbonyl (C=O) groups is 1. The van der Waals surface area contributed by atoms with E-state index in [0.29, 0.717) is 18.5 Å².